The van der Waals surface area contributed by atoms with Crippen molar-refractivity contribution in [3.05, 3.63) is 40.6 Å². The van der Waals surface area contributed by atoms with E-state index in [-0.39, 0.29) is 24.1 Å². The van der Waals surface area contributed by atoms with E-state index in [1.807, 2.05) is 19.9 Å². The van der Waals surface area contributed by atoms with E-state index in [2.05, 4.69) is 16.1 Å². The van der Waals surface area contributed by atoms with Crippen LogP contribution in [-0.4, -0.2) is 27.6 Å². The van der Waals surface area contributed by atoms with Gasteiger partial charge in [0, 0.05) is 23.6 Å². The molecule has 1 atom stereocenters. The topological polar surface area (TPSA) is 71.8 Å². The molecule has 1 N–H and O–H groups in total. The van der Waals surface area contributed by atoms with Gasteiger partial charge in [-0.2, -0.15) is 4.37 Å². The van der Waals surface area contributed by atoms with Crippen molar-refractivity contribution in [1.82, 2.24) is 4.37 Å². The van der Waals surface area contributed by atoms with Crippen LogP contribution >= 0.6 is 11.5 Å². The van der Waals surface area contributed by atoms with Gasteiger partial charge in [0.1, 0.15) is 12.4 Å². The van der Waals surface area contributed by atoms with Gasteiger partial charge in [-0.3, -0.25) is 4.79 Å². The average Bonchev–Trinajstić information content (AvgIpc) is 2.91. The molecule has 0 radical (unpaired) electrons. The van der Waals surface area contributed by atoms with Gasteiger partial charge in [0.05, 0.1) is 17.0 Å². The van der Waals surface area contributed by atoms with Gasteiger partial charge < -0.3 is 9.94 Å². The molecule has 0 saturated carbocycles. The molecule has 0 amide bonds. The van der Waals surface area contributed by atoms with Crippen molar-refractivity contribution < 1.29 is 14.7 Å². The zero-order valence-corrected chi connectivity index (χ0v) is 13.7. The Kier molecular flexibility index (Phi) is 5.49. The molecular weight excluding hydrogens is 300 g/mol. The second-order valence-electron chi connectivity index (χ2n) is 5.20. The van der Waals surface area contributed by atoms with Gasteiger partial charge in [-0.25, -0.2) is 0 Å². The Morgan fingerprint density at radius 3 is 2.95 bits per heavy atom. The maximum absolute atomic E-state index is 12.4. The van der Waals surface area contributed by atoms with E-state index in [4.69, 9.17) is 4.84 Å². The van der Waals surface area contributed by atoms with Crippen LogP contribution in [0.1, 0.15) is 42.7 Å². The Bertz CT molecular complexity index is 631. The fourth-order valence-corrected chi connectivity index (χ4v) is 3.29. The molecule has 1 aromatic heterocycles. The first-order valence-electron chi connectivity index (χ1n) is 7.25. The fraction of sp³-hybridized carbons (Fsp3) is 0.438. The largest absolute Gasteiger partial charge is 0.511 e. The number of ketones is 1. The minimum absolute atomic E-state index is 0.00495. The zero-order chi connectivity index (χ0) is 16.1. The second kappa shape index (κ2) is 7.35. The summed E-state index contributed by atoms with van der Waals surface area (Å²) in [6.07, 6.45) is 2.90. The minimum Gasteiger partial charge on any atom is -0.511 e. The molecule has 1 aromatic rings. The number of hydrogen-bond acceptors (Lipinski definition) is 6. The molecule has 22 heavy (non-hydrogen) atoms. The summed E-state index contributed by atoms with van der Waals surface area (Å²) in [7, 11) is 0. The van der Waals surface area contributed by atoms with E-state index in [0.29, 0.717) is 30.5 Å². The standard InChI is InChI=1S/C16H20N2O3S/c1-4-6-21-17-12(5-2)16-13(19)8-11(9-14(16)20)15-7-10(3)18-22-15/h4,7,11,19H,1,5-6,8-9H2,2-3H3. The summed E-state index contributed by atoms with van der Waals surface area (Å²) in [6, 6.07) is 1.98. The molecule has 0 spiro atoms. The molecule has 0 aliphatic heterocycles. The molecule has 0 aromatic carbocycles. The summed E-state index contributed by atoms with van der Waals surface area (Å²) < 4.78 is 4.24. The summed E-state index contributed by atoms with van der Waals surface area (Å²) in [5.41, 5.74) is 1.74. The molecular formula is C16H20N2O3S. The van der Waals surface area contributed by atoms with E-state index < -0.39 is 0 Å². The van der Waals surface area contributed by atoms with E-state index >= 15 is 0 Å². The SMILES string of the molecule is C=CCON=C(CC)C1=C(O)CC(c2cc(C)ns2)CC1=O. The van der Waals surface area contributed by atoms with Gasteiger partial charge in [-0.15, -0.1) is 0 Å². The average molecular weight is 320 g/mol. The van der Waals surface area contributed by atoms with Crippen molar-refractivity contribution in [2.75, 3.05) is 6.61 Å². The predicted molar refractivity (Wildman–Crippen MR) is 87.4 cm³/mol. The first-order chi connectivity index (χ1) is 10.6. The van der Waals surface area contributed by atoms with E-state index in [0.717, 1.165) is 10.6 Å². The van der Waals surface area contributed by atoms with Crippen LogP contribution < -0.4 is 0 Å². The van der Waals surface area contributed by atoms with E-state index in [1.165, 1.54) is 11.5 Å². The Balaban J connectivity index is 2.23. The molecule has 118 valence electrons. The van der Waals surface area contributed by atoms with Crippen molar-refractivity contribution in [3.8, 4) is 0 Å². The zero-order valence-electron chi connectivity index (χ0n) is 12.8. The number of rotatable bonds is 6. The van der Waals surface area contributed by atoms with Crippen LogP contribution in [0.4, 0.5) is 0 Å². The van der Waals surface area contributed by atoms with Gasteiger partial charge in [-0.05, 0) is 30.9 Å². The Morgan fingerprint density at radius 1 is 1.64 bits per heavy atom. The summed E-state index contributed by atoms with van der Waals surface area (Å²) in [6.45, 7) is 7.61. The molecule has 1 aliphatic carbocycles. The van der Waals surface area contributed by atoms with Crippen LogP contribution in [0.5, 0.6) is 0 Å². The number of carbonyl (C=O) groups is 1. The van der Waals surface area contributed by atoms with Crippen LogP contribution in [0.2, 0.25) is 0 Å². The number of allylic oxidation sites excluding steroid dienone is 2. The number of aryl methyl sites for hydroxylation is 1. The van der Waals surface area contributed by atoms with Crippen molar-refractivity contribution >= 4 is 23.0 Å². The van der Waals surface area contributed by atoms with Gasteiger partial charge in [0.25, 0.3) is 0 Å². The lowest BCUT2D eigenvalue weighted by atomic mass is 9.84. The number of nitrogens with zero attached hydrogens (tertiary/aromatic N) is 2. The van der Waals surface area contributed by atoms with Crippen LogP contribution in [0.15, 0.2) is 35.2 Å². The molecule has 5 nitrogen and oxygen atoms in total. The van der Waals surface area contributed by atoms with Gasteiger partial charge in [0.2, 0.25) is 0 Å². The lowest BCUT2D eigenvalue weighted by Crippen LogP contribution is -2.23. The quantitative estimate of drug-likeness (QED) is 0.375. The highest BCUT2D eigenvalue weighted by atomic mass is 32.1. The molecule has 1 unspecified atom stereocenters. The summed E-state index contributed by atoms with van der Waals surface area (Å²) >= 11 is 1.39. The smallest absolute Gasteiger partial charge is 0.168 e. The van der Waals surface area contributed by atoms with E-state index in [9.17, 15) is 9.90 Å². The molecule has 2 rings (SSSR count). The normalized spacial score (nSPS) is 19.5. The summed E-state index contributed by atoms with van der Waals surface area (Å²) in [5.74, 6) is -0.00707. The molecule has 6 heteroatoms. The lowest BCUT2D eigenvalue weighted by molar-refractivity contribution is -0.116. The number of aliphatic hydroxyl groups excluding tert-OH is 1. The number of oxime groups is 1. The Hall–Kier alpha value is -1.95. The summed E-state index contributed by atoms with van der Waals surface area (Å²) in [5, 5.41) is 14.3. The Labute approximate surface area is 134 Å². The highest BCUT2D eigenvalue weighted by Crippen LogP contribution is 2.36. The molecule has 0 saturated heterocycles. The van der Waals surface area contributed by atoms with Crippen LogP contribution in [0.25, 0.3) is 0 Å². The van der Waals surface area contributed by atoms with Gasteiger partial charge in [-0.1, -0.05) is 24.7 Å². The highest BCUT2D eigenvalue weighted by molar-refractivity contribution is 7.05. The monoisotopic (exact) mass is 320 g/mol. The second-order valence-corrected chi connectivity index (χ2v) is 6.03. The number of aliphatic hydroxyl groups is 1. The van der Waals surface area contributed by atoms with E-state index in [1.54, 1.807) is 6.08 Å². The van der Waals surface area contributed by atoms with Crippen molar-refractivity contribution in [2.24, 2.45) is 5.16 Å². The molecule has 0 bridgehead atoms. The third kappa shape index (κ3) is 3.62. The predicted octanol–water partition coefficient (Wildman–Crippen LogP) is 3.68. The third-order valence-electron chi connectivity index (χ3n) is 3.48. The molecule has 1 aliphatic rings. The van der Waals surface area contributed by atoms with Crippen molar-refractivity contribution in [2.45, 2.75) is 39.0 Å². The fourth-order valence-electron chi connectivity index (χ4n) is 2.45. The third-order valence-corrected chi connectivity index (χ3v) is 4.52. The Morgan fingerprint density at radius 2 is 2.41 bits per heavy atom. The van der Waals surface area contributed by atoms with Gasteiger partial charge >= 0.3 is 0 Å². The molecule has 0 fully saturated rings. The number of carbonyl (C=O) groups excluding carboxylic acids is 1. The lowest BCUT2D eigenvalue weighted by Gasteiger charge is -2.22. The maximum Gasteiger partial charge on any atom is 0.168 e. The summed E-state index contributed by atoms with van der Waals surface area (Å²) in [4.78, 5) is 18.5. The number of hydrogen-bond donors (Lipinski definition) is 1. The van der Waals surface area contributed by atoms with Crippen LogP contribution in [-0.2, 0) is 9.63 Å². The maximum atomic E-state index is 12.4. The number of Topliss-reactive ketones (excluding diaryl/α,β-unsaturated/α-hetero) is 1. The van der Waals surface area contributed by atoms with Crippen LogP contribution in [0, 0.1) is 6.92 Å². The van der Waals surface area contributed by atoms with Gasteiger partial charge in [0.15, 0.2) is 5.78 Å². The van der Waals surface area contributed by atoms with Crippen molar-refractivity contribution in [1.29, 1.82) is 0 Å². The minimum atomic E-state index is -0.0948. The molecule has 1 heterocycles. The highest BCUT2D eigenvalue weighted by Gasteiger charge is 2.32. The van der Waals surface area contributed by atoms with Crippen molar-refractivity contribution in [3.63, 3.8) is 0 Å². The first kappa shape index (κ1) is 16.4. The van der Waals surface area contributed by atoms with Crippen LogP contribution in [0.3, 0.4) is 0 Å². The first-order valence-corrected chi connectivity index (χ1v) is 8.02. The number of aromatic nitrogens is 1.